The second-order valence-electron chi connectivity index (χ2n) is 6.46. The number of rotatable bonds is 0. The van der Waals surface area contributed by atoms with Gasteiger partial charge in [-0.3, -0.25) is 4.79 Å². The predicted molar refractivity (Wildman–Crippen MR) is 77.5 cm³/mol. The first-order chi connectivity index (χ1) is 9.52. The van der Waals surface area contributed by atoms with Gasteiger partial charge in [-0.05, 0) is 25.8 Å². The number of benzene rings is 1. The summed E-state index contributed by atoms with van der Waals surface area (Å²) in [6.45, 7) is 1.98. The van der Waals surface area contributed by atoms with Crippen molar-refractivity contribution in [1.29, 1.82) is 0 Å². The Bertz CT molecular complexity index is 638. The Morgan fingerprint density at radius 3 is 2.90 bits per heavy atom. The fourth-order valence-corrected chi connectivity index (χ4v) is 4.62. The van der Waals surface area contributed by atoms with Gasteiger partial charge in [-0.1, -0.05) is 30.4 Å². The number of nitrogens with zero attached hydrogens (tertiary/aromatic N) is 1. The van der Waals surface area contributed by atoms with Gasteiger partial charge in [0.2, 0.25) is 0 Å². The van der Waals surface area contributed by atoms with Crippen LogP contribution in [0.5, 0.6) is 0 Å². The van der Waals surface area contributed by atoms with Gasteiger partial charge in [0.1, 0.15) is 5.54 Å². The lowest BCUT2D eigenvalue weighted by Crippen LogP contribution is -2.58. The van der Waals surface area contributed by atoms with Crippen LogP contribution in [0.1, 0.15) is 25.3 Å². The lowest BCUT2D eigenvalue weighted by Gasteiger charge is -2.44. The van der Waals surface area contributed by atoms with Crippen LogP contribution < -0.4 is 4.90 Å². The predicted octanol–water partition coefficient (Wildman–Crippen LogP) is 2.25. The molecule has 0 aromatic heterocycles. The number of anilines is 1. The van der Waals surface area contributed by atoms with Gasteiger partial charge in [0.15, 0.2) is 11.4 Å². The zero-order valence-electron chi connectivity index (χ0n) is 11.8. The minimum atomic E-state index is -1.31. The van der Waals surface area contributed by atoms with E-state index in [0.717, 1.165) is 24.1 Å². The molecule has 0 radical (unpaired) electrons. The molecule has 0 unspecified atom stereocenters. The normalized spacial score (nSPS) is 41.5. The number of aliphatic hydroxyl groups is 1. The average Bonchev–Trinajstić information content (AvgIpc) is 2.63. The molecule has 3 heteroatoms. The van der Waals surface area contributed by atoms with Crippen molar-refractivity contribution < 1.29 is 9.90 Å². The second-order valence-corrected chi connectivity index (χ2v) is 6.46. The highest BCUT2D eigenvalue weighted by molar-refractivity contribution is 6.06. The molecule has 0 spiro atoms. The molecule has 2 aliphatic carbocycles. The Morgan fingerprint density at radius 1 is 1.35 bits per heavy atom. The van der Waals surface area contributed by atoms with Gasteiger partial charge in [0, 0.05) is 30.1 Å². The maximum atomic E-state index is 13.0. The minimum Gasteiger partial charge on any atom is -0.377 e. The highest BCUT2D eigenvalue weighted by atomic mass is 16.3. The van der Waals surface area contributed by atoms with Crippen molar-refractivity contribution in [3.63, 3.8) is 0 Å². The number of carbonyl (C=O) groups is 1. The van der Waals surface area contributed by atoms with E-state index in [9.17, 15) is 9.90 Å². The molecule has 4 atom stereocenters. The number of ketones is 1. The van der Waals surface area contributed by atoms with Crippen molar-refractivity contribution in [1.82, 2.24) is 0 Å². The maximum absolute atomic E-state index is 13.0. The maximum Gasteiger partial charge on any atom is 0.194 e. The van der Waals surface area contributed by atoms with Crippen molar-refractivity contribution in [3.05, 3.63) is 42.0 Å². The smallest absolute Gasteiger partial charge is 0.194 e. The summed E-state index contributed by atoms with van der Waals surface area (Å²) in [5.41, 5.74) is -0.175. The van der Waals surface area contributed by atoms with Crippen molar-refractivity contribution in [2.75, 3.05) is 11.9 Å². The SMILES string of the molecule is CN1c2ccccc2[C@@]2(O)C(=O)[C@]1(C)[C@H]1C=CCC[C@H]12. The number of likely N-dealkylation sites (N-methyl/N-ethyl adjacent to an activating group) is 1. The van der Waals surface area contributed by atoms with Crippen LogP contribution in [0.15, 0.2) is 36.4 Å². The number of hydrogen-bond acceptors (Lipinski definition) is 3. The van der Waals surface area contributed by atoms with Crippen LogP contribution in [0.4, 0.5) is 5.69 Å². The van der Waals surface area contributed by atoms with Crippen LogP contribution in [0, 0.1) is 11.8 Å². The van der Waals surface area contributed by atoms with Crippen molar-refractivity contribution in [3.8, 4) is 0 Å². The third-order valence-corrected chi connectivity index (χ3v) is 5.79. The molecule has 1 fully saturated rings. The molecule has 1 aliphatic heterocycles. The Kier molecular flexibility index (Phi) is 2.14. The summed E-state index contributed by atoms with van der Waals surface area (Å²) in [4.78, 5) is 15.1. The Labute approximate surface area is 118 Å². The Balaban J connectivity index is 2.06. The second kappa shape index (κ2) is 3.53. The number of para-hydroxylation sites is 1. The molecule has 1 aromatic rings. The van der Waals surface area contributed by atoms with E-state index in [0.29, 0.717) is 0 Å². The number of Topliss-reactive ketones (excluding diaryl/α,β-unsaturated/α-hetero) is 1. The van der Waals surface area contributed by atoms with Crippen LogP contribution in [0.3, 0.4) is 0 Å². The lowest BCUT2D eigenvalue weighted by molar-refractivity contribution is -0.142. The summed E-state index contributed by atoms with van der Waals surface area (Å²) >= 11 is 0. The zero-order chi connectivity index (χ0) is 14.1. The molecule has 104 valence electrons. The molecule has 2 bridgehead atoms. The summed E-state index contributed by atoms with van der Waals surface area (Å²) in [5, 5.41) is 11.3. The van der Waals surface area contributed by atoms with E-state index in [2.05, 4.69) is 17.1 Å². The van der Waals surface area contributed by atoms with Crippen molar-refractivity contribution >= 4 is 11.5 Å². The van der Waals surface area contributed by atoms with Gasteiger partial charge < -0.3 is 10.0 Å². The topological polar surface area (TPSA) is 40.5 Å². The number of fused-ring (bicyclic) bond motifs is 7. The van der Waals surface area contributed by atoms with Crippen LogP contribution >= 0.6 is 0 Å². The fourth-order valence-electron chi connectivity index (χ4n) is 4.62. The van der Waals surface area contributed by atoms with Crippen LogP contribution in [0.25, 0.3) is 0 Å². The molecule has 0 amide bonds. The third kappa shape index (κ3) is 1.06. The number of allylic oxidation sites excluding steroid dienone is 1. The van der Waals surface area contributed by atoms with Gasteiger partial charge >= 0.3 is 0 Å². The van der Waals surface area contributed by atoms with Gasteiger partial charge in [0.05, 0.1) is 0 Å². The van der Waals surface area contributed by atoms with Crippen molar-refractivity contribution in [2.45, 2.75) is 30.9 Å². The summed E-state index contributed by atoms with van der Waals surface area (Å²) in [7, 11) is 1.97. The van der Waals surface area contributed by atoms with E-state index in [1.54, 1.807) is 0 Å². The molecular weight excluding hydrogens is 250 g/mol. The molecule has 1 heterocycles. The standard InChI is InChI=1S/C17H19NO2/c1-16-11-7-3-4-8-12(11)17(20,15(16)19)13-9-5-6-10-14(13)18(16)2/h3,5-7,9-12,20H,4,8H2,1-2H3/t11-,12+,16-,17+/m0/s1. The van der Waals surface area contributed by atoms with E-state index >= 15 is 0 Å². The van der Waals surface area contributed by atoms with E-state index in [-0.39, 0.29) is 17.6 Å². The average molecular weight is 269 g/mol. The molecule has 20 heavy (non-hydrogen) atoms. The van der Waals surface area contributed by atoms with Gasteiger partial charge in [-0.25, -0.2) is 0 Å². The Morgan fingerprint density at radius 2 is 2.10 bits per heavy atom. The highest BCUT2D eigenvalue weighted by Crippen LogP contribution is 2.60. The first kappa shape index (κ1) is 12.2. The van der Waals surface area contributed by atoms with E-state index in [1.165, 1.54) is 0 Å². The molecule has 3 nitrogen and oxygen atoms in total. The number of hydrogen-bond donors (Lipinski definition) is 1. The van der Waals surface area contributed by atoms with Gasteiger partial charge in [-0.2, -0.15) is 0 Å². The number of carbonyl (C=O) groups excluding carboxylic acids is 1. The van der Waals surface area contributed by atoms with Gasteiger partial charge in [-0.15, -0.1) is 0 Å². The molecule has 1 aromatic carbocycles. The third-order valence-electron chi connectivity index (χ3n) is 5.79. The summed E-state index contributed by atoms with van der Waals surface area (Å²) in [5.74, 6) is 0.0509. The fraction of sp³-hybridized carbons (Fsp3) is 0.471. The summed E-state index contributed by atoms with van der Waals surface area (Å²) in [6, 6.07) is 7.79. The minimum absolute atomic E-state index is 0.00361. The summed E-state index contributed by atoms with van der Waals surface area (Å²) < 4.78 is 0. The molecular formula is C17H19NO2. The first-order valence-electron chi connectivity index (χ1n) is 7.29. The zero-order valence-corrected chi connectivity index (χ0v) is 11.8. The van der Waals surface area contributed by atoms with Crippen LogP contribution in [-0.4, -0.2) is 23.5 Å². The van der Waals surface area contributed by atoms with Crippen LogP contribution in [0.2, 0.25) is 0 Å². The first-order valence-corrected chi connectivity index (χ1v) is 7.29. The molecule has 0 saturated heterocycles. The molecule has 1 N–H and O–H groups in total. The largest absolute Gasteiger partial charge is 0.377 e. The van der Waals surface area contributed by atoms with E-state index in [4.69, 9.17) is 0 Å². The van der Waals surface area contributed by atoms with E-state index in [1.807, 2.05) is 38.2 Å². The van der Waals surface area contributed by atoms with Gasteiger partial charge in [0.25, 0.3) is 0 Å². The monoisotopic (exact) mass is 269 g/mol. The quantitative estimate of drug-likeness (QED) is 0.734. The molecule has 1 saturated carbocycles. The van der Waals surface area contributed by atoms with E-state index < -0.39 is 11.1 Å². The molecule has 3 aliphatic rings. The highest BCUT2D eigenvalue weighted by Gasteiger charge is 2.70. The van der Waals surface area contributed by atoms with Crippen molar-refractivity contribution in [2.24, 2.45) is 11.8 Å². The van der Waals surface area contributed by atoms with Crippen LogP contribution in [-0.2, 0) is 10.4 Å². The Hall–Kier alpha value is -1.61. The molecule has 4 rings (SSSR count). The summed E-state index contributed by atoms with van der Waals surface area (Å²) in [6.07, 6.45) is 6.12. The lowest BCUT2D eigenvalue weighted by atomic mass is 9.75.